The maximum absolute atomic E-state index is 11.9. The lowest BCUT2D eigenvalue weighted by atomic mass is 9.85. The maximum atomic E-state index is 11.9. The summed E-state index contributed by atoms with van der Waals surface area (Å²) in [6.07, 6.45) is 4.84. The van der Waals surface area contributed by atoms with E-state index in [2.05, 4.69) is 12.7 Å². The van der Waals surface area contributed by atoms with Crippen LogP contribution in [0.1, 0.15) is 33.1 Å². The van der Waals surface area contributed by atoms with E-state index in [1.165, 1.54) is 6.92 Å². The Hall–Kier alpha value is -1.88. The first-order chi connectivity index (χ1) is 10.4. The molecular weight excluding hydrogens is 284 g/mol. The highest BCUT2D eigenvalue weighted by Crippen LogP contribution is 2.36. The molecule has 0 amide bonds. The van der Waals surface area contributed by atoms with Gasteiger partial charge in [-0.25, -0.2) is 4.79 Å². The minimum absolute atomic E-state index is 0.0850. The summed E-state index contributed by atoms with van der Waals surface area (Å²) < 4.78 is 10.8. The Kier molecular flexibility index (Phi) is 5.19. The van der Waals surface area contributed by atoms with E-state index in [4.69, 9.17) is 9.47 Å². The Bertz CT molecular complexity index is 543. The van der Waals surface area contributed by atoms with Gasteiger partial charge in [0.2, 0.25) is 0 Å². The number of hydrogen-bond acceptors (Lipinski definition) is 5. The van der Waals surface area contributed by atoms with Gasteiger partial charge in [0.15, 0.2) is 0 Å². The van der Waals surface area contributed by atoms with Crippen LogP contribution in [0.4, 0.5) is 0 Å². The second-order valence-electron chi connectivity index (χ2n) is 5.85. The maximum Gasteiger partial charge on any atom is 0.334 e. The molecule has 0 radical (unpaired) electrons. The molecule has 0 aromatic heterocycles. The third kappa shape index (κ3) is 3.65. The molecule has 3 atom stereocenters. The summed E-state index contributed by atoms with van der Waals surface area (Å²) in [5, 5.41) is 9.46. The van der Waals surface area contributed by atoms with Crippen molar-refractivity contribution in [2.45, 2.75) is 45.3 Å². The zero-order valence-corrected chi connectivity index (χ0v) is 13.0. The van der Waals surface area contributed by atoms with Crippen LogP contribution in [0.15, 0.2) is 35.5 Å². The molecule has 2 rings (SSSR count). The predicted octanol–water partition coefficient (Wildman–Crippen LogP) is 2.06. The number of carbonyl (C=O) groups excluding carboxylic acids is 2. The molecule has 0 aromatic rings. The molecule has 1 heterocycles. The molecule has 1 saturated heterocycles. The van der Waals surface area contributed by atoms with Crippen LogP contribution in [0.2, 0.25) is 0 Å². The van der Waals surface area contributed by atoms with Crippen molar-refractivity contribution >= 4 is 11.9 Å². The van der Waals surface area contributed by atoms with E-state index in [0.29, 0.717) is 18.4 Å². The minimum Gasteiger partial charge on any atom is -0.461 e. The molecule has 2 aliphatic rings. The van der Waals surface area contributed by atoms with Gasteiger partial charge in [0.1, 0.15) is 12.2 Å². The van der Waals surface area contributed by atoms with Gasteiger partial charge in [-0.1, -0.05) is 18.2 Å². The zero-order chi connectivity index (χ0) is 16.3. The van der Waals surface area contributed by atoms with Gasteiger partial charge in [-0.3, -0.25) is 4.79 Å². The Balaban J connectivity index is 2.40. The van der Waals surface area contributed by atoms with E-state index in [0.717, 1.165) is 17.6 Å². The molecule has 120 valence electrons. The summed E-state index contributed by atoms with van der Waals surface area (Å²) in [5.74, 6) is -1.28. The molecule has 0 spiro atoms. The van der Waals surface area contributed by atoms with Crippen LogP contribution >= 0.6 is 0 Å². The van der Waals surface area contributed by atoms with Crippen LogP contribution in [-0.4, -0.2) is 35.9 Å². The Morgan fingerprint density at radius 3 is 2.91 bits per heavy atom. The fourth-order valence-electron chi connectivity index (χ4n) is 2.99. The van der Waals surface area contributed by atoms with Crippen LogP contribution in [0.25, 0.3) is 0 Å². The molecular formula is C17H22O5. The predicted molar refractivity (Wildman–Crippen MR) is 80.8 cm³/mol. The number of ether oxygens (including phenoxy) is 2. The van der Waals surface area contributed by atoms with Crippen LogP contribution in [-0.2, 0) is 19.1 Å². The first kappa shape index (κ1) is 16.5. The van der Waals surface area contributed by atoms with Gasteiger partial charge in [0, 0.05) is 18.9 Å². The third-order valence-corrected chi connectivity index (χ3v) is 4.06. The lowest BCUT2D eigenvalue weighted by Crippen LogP contribution is -2.33. The Morgan fingerprint density at radius 1 is 1.55 bits per heavy atom. The van der Waals surface area contributed by atoms with Crippen LogP contribution in [0.3, 0.4) is 0 Å². The highest BCUT2D eigenvalue weighted by Gasteiger charge is 2.44. The van der Waals surface area contributed by atoms with Gasteiger partial charge in [0.05, 0.1) is 12.5 Å². The highest BCUT2D eigenvalue weighted by molar-refractivity contribution is 5.91. The first-order valence-corrected chi connectivity index (χ1v) is 7.45. The molecule has 0 aromatic carbocycles. The smallest absolute Gasteiger partial charge is 0.334 e. The normalized spacial score (nSPS) is 29.1. The van der Waals surface area contributed by atoms with Crippen LogP contribution < -0.4 is 0 Å². The molecule has 5 nitrogen and oxygen atoms in total. The molecule has 1 fully saturated rings. The van der Waals surface area contributed by atoms with Gasteiger partial charge in [-0.15, -0.1) is 0 Å². The van der Waals surface area contributed by atoms with E-state index >= 15 is 0 Å². The molecule has 1 aliphatic carbocycles. The summed E-state index contributed by atoms with van der Waals surface area (Å²) in [6.45, 7) is 7.03. The van der Waals surface area contributed by atoms with Crippen LogP contribution in [0.5, 0.6) is 0 Å². The fraction of sp³-hybridized carbons (Fsp3) is 0.529. The molecule has 22 heavy (non-hydrogen) atoms. The van der Waals surface area contributed by atoms with Crippen molar-refractivity contribution in [3.05, 3.63) is 35.5 Å². The van der Waals surface area contributed by atoms with Gasteiger partial charge < -0.3 is 14.6 Å². The van der Waals surface area contributed by atoms with Crippen molar-refractivity contribution in [1.82, 2.24) is 0 Å². The van der Waals surface area contributed by atoms with Crippen molar-refractivity contribution in [3.8, 4) is 0 Å². The van der Waals surface area contributed by atoms with E-state index in [1.807, 2.05) is 6.92 Å². The second kappa shape index (κ2) is 6.92. The van der Waals surface area contributed by atoms with E-state index in [9.17, 15) is 14.7 Å². The minimum atomic E-state index is -0.544. The largest absolute Gasteiger partial charge is 0.461 e. The van der Waals surface area contributed by atoms with Gasteiger partial charge in [-0.05, 0) is 31.4 Å². The lowest BCUT2D eigenvalue weighted by molar-refractivity contribution is -0.149. The lowest BCUT2D eigenvalue weighted by Gasteiger charge is -2.27. The zero-order valence-electron chi connectivity index (χ0n) is 13.0. The number of fused-ring (bicyclic) bond motifs is 1. The summed E-state index contributed by atoms with van der Waals surface area (Å²) in [7, 11) is 0. The first-order valence-electron chi connectivity index (χ1n) is 7.45. The fourth-order valence-corrected chi connectivity index (χ4v) is 2.99. The van der Waals surface area contributed by atoms with E-state index < -0.39 is 30.1 Å². The summed E-state index contributed by atoms with van der Waals surface area (Å²) in [4.78, 5) is 23.3. The summed E-state index contributed by atoms with van der Waals surface area (Å²) in [5.41, 5.74) is 2.21. The van der Waals surface area contributed by atoms with Gasteiger partial charge in [0.25, 0.3) is 0 Å². The number of esters is 2. The topological polar surface area (TPSA) is 72.8 Å². The average molecular weight is 306 g/mol. The molecule has 3 unspecified atom stereocenters. The SMILES string of the molecule is C=C1C(=O)OC2C=C(CO)CCC=C(C)CC(OC(C)=O)C12. The Labute approximate surface area is 130 Å². The van der Waals surface area contributed by atoms with Crippen molar-refractivity contribution < 1.29 is 24.2 Å². The van der Waals surface area contributed by atoms with Crippen molar-refractivity contribution in [2.24, 2.45) is 5.92 Å². The van der Waals surface area contributed by atoms with Crippen molar-refractivity contribution in [1.29, 1.82) is 0 Å². The van der Waals surface area contributed by atoms with E-state index in [1.54, 1.807) is 6.08 Å². The number of aliphatic hydroxyl groups is 1. The quantitative estimate of drug-likeness (QED) is 0.480. The van der Waals surface area contributed by atoms with Gasteiger partial charge in [-0.2, -0.15) is 0 Å². The monoisotopic (exact) mass is 306 g/mol. The third-order valence-electron chi connectivity index (χ3n) is 4.06. The van der Waals surface area contributed by atoms with Crippen LogP contribution in [0, 0.1) is 5.92 Å². The highest BCUT2D eigenvalue weighted by atomic mass is 16.6. The summed E-state index contributed by atoms with van der Waals surface area (Å²) in [6, 6.07) is 0. The number of allylic oxidation sites excluding steroid dienone is 1. The molecule has 1 N–H and O–H groups in total. The second-order valence-corrected chi connectivity index (χ2v) is 5.85. The standard InChI is InChI=1S/C17H22O5/c1-10-5-4-6-13(9-18)8-15-16(11(2)17(20)22-15)14(7-10)21-12(3)19/h5,8,14-16,18H,2,4,6-7,9H2,1,3H3. The van der Waals surface area contributed by atoms with Gasteiger partial charge >= 0.3 is 11.9 Å². The molecule has 5 heteroatoms. The van der Waals surface area contributed by atoms with Crippen molar-refractivity contribution in [3.63, 3.8) is 0 Å². The molecule has 0 saturated carbocycles. The number of rotatable bonds is 2. The summed E-state index contributed by atoms with van der Waals surface area (Å²) >= 11 is 0. The molecule has 0 bridgehead atoms. The Morgan fingerprint density at radius 2 is 2.27 bits per heavy atom. The number of aliphatic hydroxyl groups excluding tert-OH is 1. The average Bonchev–Trinajstić information content (AvgIpc) is 2.71. The van der Waals surface area contributed by atoms with E-state index in [-0.39, 0.29) is 6.61 Å². The molecule has 1 aliphatic heterocycles. The number of hydrogen-bond donors (Lipinski definition) is 1. The van der Waals surface area contributed by atoms with Crippen molar-refractivity contribution in [2.75, 3.05) is 6.61 Å². The number of carbonyl (C=O) groups is 2.